The van der Waals surface area contributed by atoms with Gasteiger partial charge in [0.25, 0.3) is 5.91 Å². The minimum absolute atomic E-state index is 0.119. The van der Waals surface area contributed by atoms with Gasteiger partial charge in [-0.05, 0) is 35.4 Å². The van der Waals surface area contributed by atoms with Crippen molar-refractivity contribution in [3.63, 3.8) is 0 Å². The number of hydrogen-bond donors (Lipinski definition) is 1. The lowest BCUT2D eigenvalue weighted by Gasteiger charge is -2.39. The first-order valence-electron chi connectivity index (χ1n) is 9.84. The molecular formula is C24H23N3O4. The number of amides is 2. The maximum absolute atomic E-state index is 13.5. The first-order chi connectivity index (χ1) is 15.0. The van der Waals surface area contributed by atoms with Gasteiger partial charge >= 0.3 is 0 Å². The average molecular weight is 417 g/mol. The van der Waals surface area contributed by atoms with Gasteiger partial charge in [0.1, 0.15) is 5.75 Å². The molecular weight excluding hydrogens is 394 g/mol. The Morgan fingerprint density at radius 1 is 1.00 bits per heavy atom. The summed E-state index contributed by atoms with van der Waals surface area (Å²) in [6, 6.07) is 17.6. The number of anilines is 1. The molecule has 1 N–H and O–H groups in total. The smallest absolute Gasteiger partial charge is 0.254 e. The minimum Gasteiger partial charge on any atom is -0.497 e. The number of benzene rings is 2. The average Bonchev–Trinajstić information content (AvgIpc) is 2.81. The highest BCUT2D eigenvalue weighted by Gasteiger charge is 2.42. The van der Waals surface area contributed by atoms with Crippen LogP contribution in [0.2, 0.25) is 0 Å². The Hall–Kier alpha value is -3.87. The van der Waals surface area contributed by atoms with Gasteiger partial charge in [-0.25, -0.2) is 4.98 Å². The van der Waals surface area contributed by atoms with Crippen molar-refractivity contribution in [2.75, 3.05) is 26.6 Å². The van der Waals surface area contributed by atoms with E-state index in [1.54, 1.807) is 49.5 Å². The van der Waals surface area contributed by atoms with Crippen LogP contribution in [0.1, 0.15) is 33.4 Å². The monoisotopic (exact) mass is 417 g/mol. The second-order valence-corrected chi connectivity index (χ2v) is 7.28. The van der Waals surface area contributed by atoms with Gasteiger partial charge < -0.3 is 19.7 Å². The molecule has 2 atom stereocenters. The van der Waals surface area contributed by atoms with Gasteiger partial charge in [-0.15, -0.1) is 0 Å². The lowest BCUT2D eigenvalue weighted by Crippen LogP contribution is -2.44. The summed E-state index contributed by atoms with van der Waals surface area (Å²) < 4.78 is 10.3. The maximum atomic E-state index is 13.5. The molecule has 0 saturated heterocycles. The summed E-state index contributed by atoms with van der Waals surface area (Å²) in [6.45, 7) is 0. The van der Waals surface area contributed by atoms with Crippen LogP contribution in [0, 0.1) is 0 Å². The van der Waals surface area contributed by atoms with Gasteiger partial charge in [-0.3, -0.25) is 9.59 Å². The van der Waals surface area contributed by atoms with E-state index in [0.29, 0.717) is 28.4 Å². The predicted molar refractivity (Wildman–Crippen MR) is 116 cm³/mol. The molecule has 3 aromatic rings. The van der Waals surface area contributed by atoms with E-state index in [9.17, 15) is 9.59 Å². The summed E-state index contributed by atoms with van der Waals surface area (Å²) in [5.41, 5.74) is 2.63. The first-order valence-corrected chi connectivity index (χ1v) is 9.84. The second-order valence-electron chi connectivity index (χ2n) is 7.28. The molecule has 2 amide bonds. The van der Waals surface area contributed by atoms with E-state index in [0.717, 1.165) is 5.56 Å². The molecule has 0 radical (unpaired) electrons. The molecule has 0 saturated carbocycles. The number of likely N-dealkylation sites (N-methyl/N-ethyl adjacent to an activating group) is 1. The molecule has 2 heterocycles. The fourth-order valence-corrected chi connectivity index (χ4v) is 3.97. The molecule has 1 aliphatic rings. The number of aromatic nitrogens is 1. The maximum Gasteiger partial charge on any atom is 0.254 e. The number of nitrogens with zero attached hydrogens (tertiary/aromatic N) is 2. The molecule has 0 aliphatic carbocycles. The SMILES string of the molecule is COc1ccc(C2C(C(=O)Nc3ccc(OC)nc3)c3ccccc3C(=O)N2C)cc1. The lowest BCUT2D eigenvalue weighted by atomic mass is 9.79. The van der Waals surface area contributed by atoms with Crippen molar-refractivity contribution < 1.29 is 19.1 Å². The third-order valence-corrected chi connectivity index (χ3v) is 5.53. The summed E-state index contributed by atoms with van der Waals surface area (Å²) in [5, 5.41) is 2.94. The molecule has 1 aromatic heterocycles. The number of carbonyl (C=O) groups excluding carboxylic acids is 2. The van der Waals surface area contributed by atoms with Gasteiger partial charge in [-0.2, -0.15) is 0 Å². The highest BCUT2D eigenvalue weighted by atomic mass is 16.5. The molecule has 0 spiro atoms. The van der Waals surface area contributed by atoms with Crippen molar-refractivity contribution in [3.05, 3.63) is 83.6 Å². The van der Waals surface area contributed by atoms with Crippen molar-refractivity contribution in [2.45, 2.75) is 12.0 Å². The van der Waals surface area contributed by atoms with Crippen LogP contribution in [0.3, 0.4) is 0 Å². The number of fused-ring (bicyclic) bond motifs is 1. The Morgan fingerprint density at radius 2 is 1.74 bits per heavy atom. The highest BCUT2D eigenvalue weighted by molar-refractivity contribution is 6.04. The second kappa shape index (κ2) is 8.47. The first kappa shape index (κ1) is 20.4. The normalized spacial score (nSPS) is 17.6. The van der Waals surface area contributed by atoms with Gasteiger partial charge in [0.05, 0.1) is 38.1 Å². The largest absolute Gasteiger partial charge is 0.497 e. The number of ether oxygens (including phenoxy) is 2. The Balaban J connectivity index is 1.75. The molecule has 7 nitrogen and oxygen atoms in total. The Morgan fingerprint density at radius 3 is 2.39 bits per heavy atom. The zero-order valence-corrected chi connectivity index (χ0v) is 17.5. The number of rotatable bonds is 5. The third-order valence-electron chi connectivity index (χ3n) is 5.53. The summed E-state index contributed by atoms with van der Waals surface area (Å²) in [5.74, 6) is 0.224. The number of nitrogens with one attached hydrogen (secondary N) is 1. The highest BCUT2D eigenvalue weighted by Crippen LogP contribution is 2.42. The standard InChI is InChI=1S/C24H23N3O4/c1-27-22(15-8-11-17(30-2)12-9-15)21(18-6-4-5-7-19(18)24(27)29)23(28)26-16-10-13-20(31-3)25-14-16/h4-14,21-22H,1-3H3,(H,26,28). The van der Waals surface area contributed by atoms with Crippen LogP contribution >= 0.6 is 0 Å². The Labute approximate surface area is 180 Å². The van der Waals surface area contributed by atoms with E-state index in [4.69, 9.17) is 9.47 Å². The van der Waals surface area contributed by atoms with E-state index >= 15 is 0 Å². The van der Waals surface area contributed by atoms with Gasteiger partial charge in [-0.1, -0.05) is 30.3 Å². The molecule has 158 valence electrons. The molecule has 0 bridgehead atoms. The van der Waals surface area contributed by atoms with Crippen LogP contribution < -0.4 is 14.8 Å². The summed E-state index contributed by atoms with van der Waals surface area (Å²) >= 11 is 0. The Kier molecular flexibility index (Phi) is 5.58. The van der Waals surface area contributed by atoms with E-state index in [1.807, 2.05) is 36.4 Å². The van der Waals surface area contributed by atoms with Crippen molar-refractivity contribution in [1.29, 1.82) is 0 Å². The van der Waals surface area contributed by atoms with Crippen molar-refractivity contribution in [1.82, 2.24) is 9.88 Å². The lowest BCUT2D eigenvalue weighted by molar-refractivity contribution is -0.119. The summed E-state index contributed by atoms with van der Waals surface area (Å²) in [6.07, 6.45) is 1.54. The van der Waals surface area contributed by atoms with Crippen LogP contribution in [-0.2, 0) is 4.79 Å². The Bertz CT molecular complexity index is 1100. The summed E-state index contributed by atoms with van der Waals surface area (Å²) in [4.78, 5) is 32.4. The minimum atomic E-state index is -0.602. The summed E-state index contributed by atoms with van der Waals surface area (Å²) in [7, 11) is 4.86. The predicted octanol–water partition coefficient (Wildman–Crippen LogP) is 3.65. The molecule has 7 heteroatoms. The topological polar surface area (TPSA) is 80.8 Å². The molecule has 2 aromatic carbocycles. The van der Waals surface area contributed by atoms with Crippen LogP contribution in [0.25, 0.3) is 0 Å². The molecule has 31 heavy (non-hydrogen) atoms. The van der Waals surface area contributed by atoms with Gasteiger partial charge in [0.15, 0.2) is 0 Å². The third kappa shape index (κ3) is 3.82. The van der Waals surface area contributed by atoms with E-state index in [-0.39, 0.29) is 11.8 Å². The van der Waals surface area contributed by atoms with Crippen molar-refractivity contribution >= 4 is 17.5 Å². The van der Waals surface area contributed by atoms with Crippen LogP contribution in [0.4, 0.5) is 5.69 Å². The number of hydrogen-bond acceptors (Lipinski definition) is 5. The quantitative estimate of drug-likeness (QED) is 0.685. The van der Waals surface area contributed by atoms with Crippen molar-refractivity contribution in [3.8, 4) is 11.6 Å². The molecule has 4 rings (SSSR count). The zero-order valence-electron chi connectivity index (χ0n) is 17.5. The molecule has 1 aliphatic heterocycles. The van der Waals surface area contributed by atoms with Gasteiger partial charge in [0, 0.05) is 18.7 Å². The van der Waals surface area contributed by atoms with Crippen molar-refractivity contribution in [2.24, 2.45) is 0 Å². The van der Waals surface area contributed by atoms with E-state index in [1.165, 1.54) is 7.11 Å². The number of methoxy groups -OCH3 is 2. The fraction of sp³-hybridized carbons (Fsp3) is 0.208. The molecule has 0 fully saturated rings. The van der Waals surface area contributed by atoms with Crippen LogP contribution in [0.5, 0.6) is 11.6 Å². The molecule has 2 unspecified atom stereocenters. The van der Waals surface area contributed by atoms with E-state index < -0.39 is 12.0 Å². The fourth-order valence-electron chi connectivity index (χ4n) is 3.97. The van der Waals surface area contributed by atoms with E-state index in [2.05, 4.69) is 10.3 Å². The van der Waals surface area contributed by atoms with Crippen LogP contribution in [-0.4, -0.2) is 43.0 Å². The number of pyridine rings is 1. The number of carbonyl (C=O) groups is 2. The van der Waals surface area contributed by atoms with Crippen LogP contribution in [0.15, 0.2) is 66.9 Å². The van der Waals surface area contributed by atoms with Gasteiger partial charge in [0.2, 0.25) is 11.8 Å². The zero-order chi connectivity index (χ0) is 22.0.